The molecular weight excluding hydrogens is 404 g/mol. The molecule has 33 heavy (non-hydrogen) atoms. The molecule has 0 unspecified atom stereocenters. The summed E-state index contributed by atoms with van der Waals surface area (Å²) in [5, 5.41) is 0. The third kappa shape index (κ3) is 7.19. The number of esters is 1. The number of unbranched alkanes of at least 4 members (excludes halogenated alkanes) is 5. The SMILES string of the molecule is C=CC(C)=C(C1=C(C)CCCC1(C)C)c1ccc(C(=O)OCCCCCCCC)cc1CC. The van der Waals surface area contributed by atoms with Crippen molar-refractivity contribution in [2.24, 2.45) is 5.41 Å². The van der Waals surface area contributed by atoms with Crippen molar-refractivity contribution in [1.29, 1.82) is 0 Å². The van der Waals surface area contributed by atoms with E-state index in [9.17, 15) is 4.79 Å². The zero-order chi connectivity index (χ0) is 24.4. The number of hydrogen-bond donors (Lipinski definition) is 0. The summed E-state index contributed by atoms with van der Waals surface area (Å²) in [4.78, 5) is 12.7. The predicted octanol–water partition coefficient (Wildman–Crippen LogP) is 9.25. The van der Waals surface area contributed by atoms with Crippen LogP contribution in [0.5, 0.6) is 0 Å². The van der Waals surface area contributed by atoms with E-state index in [2.05, 4.69) is 54.2 Å². The second kappa shape index (κ2) is 13.0. The van der Waals surface area contributed by atoms with E-state index in [1.165, 1.54) is 71.9 Å². The highest BCUT2D eigenvalue weighted by atomic mass is 16.5. The van der Waals surface area contributed by atoms with Gasteiger partial charge < -0.3 is 4.74 Å². The van der Waals surface area contributed by atoms with Gasteiger partial charge >= 0.3 is 5.97 Å². The molecule has 0 fully saturated rings. The van der Waals surface area contributed by atoms with Crippen molar-refractivity contribution in [2.45, 2.75) is 106 Å². The van der Waals surface area contributed by atoms with E-state index in [0.717, 1.165) is 25.7 Å². The second-order valence-electron chi connectivity index (χ2n) is 10.3. The summed E-state index contributed by atoms with van der Waals surface area (Å²) in [6.45, 7) is 18.2. The predicted molar refractivity (Wildman–Crippen MR) is 143 cm³/mol. The molecule has 0 spiro atoms. The lowest BCUT2D eigenvalue weighted by molar-refractivity contribution is 0.0497. The van der Waals surface area contributed by atoms with Crippen LogP contribution < -0.4 is 0 Å². The van der Waals surface area contributed by atoms with Gasteiger partial charge in [-0.25, -0.2) is 4.79 Å². The van der Waals surface area contributed by atoms with E-state index in [1.807, 2.05) is 18.2 Å². The Morgan fingerprint density at radius 2 is 1.82 bits per heavy atom. The third-order valence-electron chi connectivity index (χ3n) is 7.13. The van der Waals surface area contributed by atoms with E-state index in [4.69, 9.17) is 4.74 Å². The molecule has 0 saturated carbocycles. The van der Waals surface area contributed by atoms with Crippen LogP contribution in [0.2, 0.25) is 0 Å². The zero-order valence-corrected chi connectivity index (χ0v) is 22.1. The molecule has 0 atom stereocenters. The van der Waals surface area contributed by atoms with Gasteiger partial charge in [0.25, 0.3) is 0 Å². The highest BCUT2D eigenvalue weighted by molar-refractivity contribution is 5.92. The quantitative estimate of drug-likeness (QED) is 0.180. The highest BCUT2D eigenvalue weighted by Crippen LogP contribution is 2.48. The lowest BCUT2D eigenvalue weighted by Crippen LogP contribution is -2.22. The lowest BCUT2D eigenvalue weighted by atomic mass is 9.67. The monoisotopic (exact) mass is 450 g/mol. The Morgan fingerprint density at radius 1 is 1.12 bits per heavy atom. The Labute approximate surface area is 203 Å². The van der Waals surface area contributed by atoms with Gasteiger partial charge in [-0.05, 0) is 91.3 Å². The summed E-state index contributed by atoms with van der Waals surface area (Å²) in [6, 6.07) is 6.12. The first-order valence-corrected chi connectivity index (χ1v) is 13.1. The standard InChI is InChI=1S/C31H46O2/c1-8-11-12-13-14-15-21-33-30(32)26-18-19-27(25(10-3)22-26)28(23(4)9-2)29-24(5)17-16-20-31(29,6)7/h9,18-19,22H,2,8,10-17,20-21H2,1,3-7H3. The fraction of sp³-hybridized carbons (Fsp3) is 0.581. The van der Waals surface area contributed by atoms with Crippen LogP contribution in [0.3, 0.4) is 0 Å². The van der Waals surface area contributed by atoms with Gasteiger partial charge in [-0.1, -0.05) is 84.1 Å². The molecule has 182 valence electrons. The fourth-order valence-corrected chi connectivity index (χ4v) is 5.21. The number of allylic oxidation sites excluding steroid dienone is 5. The fourth-order valence-electron chi connectivity index (χ4n) is 5.21. The smallest absolute Gasteiger partial charge is 0.338 e. The molecule has 0 amide bonds. The number of aryl methyl sites for hydroxylation is 1. The van der Waals surface area contributed by atoms with Gasteiger partial charge in [-0.2, -0.15) is 0 Å². The van der Waals surface area contributed by atoms with Crippen LogP contribution in [0.4, 0.5) is 0 Å². The van der Waals surface area contributed by atoms with Crippen molar-refractivity contribution in [3.8, 4) is 0 Å². The molecule has 1 aliphatic carbocycles. The van der Waals surface area contributed by atoms with Crippen LogP contribution in [0.15, 0.2) is 47.6 Å². The second-order valence-corrected chi connectivity index (χ2v) is 10.3. The Morgan fingerprint density at radius 3 is 2.45 bits per heavy atom. The summed E-state index contributed by atoms with van der Waals surface area (Å²) < 4.78 is 5.59. The van der Waals surface area contributed by atoms with Crippen LogP contribution in [0, 0.1) is 5.41 Å². The summed E-state index contributed by atoms with van der Waals surface area (Å²) in [7, 11) is 0. The van der Waals surface area contributed by atoms with Gasteiger partial charge in [0.2, 0.25) is 0 Å². The number of carbonyl (C=O) groups excluding carboxylic acids is 1. The summed E-state index contributed by atoms with van der Waals surface area (Å²) in [6.07, 6.45) is 13.6. The Bertz CT molecular complexity index is 882. The van der Waals surface area contributed by atoms with Crippen LogP contribution in [0.1, 0.15) is 121 Å². The maximum absolute atomic E-state index is 12.7. The largest absolute Gasteiger partial charge is 0.462 e. The minimum Gasteiger partial charge on any atom is -0.462 e. The van der Waals surface area contributed by atoms with Gasteiger partial charge in [0.15, 0.2) is 0 Å². The minimum absolute atomic E-state index is 0.127. The maximum Gasteiger partial charge on any atom is 0.338 e. The number of benzene rings is 1. The minimum atomic E-state index is -0.204. The maximum atomic E-state index is 12.7. The van der Waals surface area contributed by atoms with Crippen LogP contribution in [-0.2, 0) is 11.2 Å². The molecule has 1 aliphatic rings. The molecular formula is C31H46O2. The molecule has 1 aromatic rings. The number of carbonyl (C=O) groups is 1. The summed E-state index contributed by atoms with van der Waals surface area (Å²) in [5.74, 6) is -0.204. The van der Waals surface area contributed by atoms with Crippen molar-refractivity contribution in [2.75, 3.05) is 6.61 Å². The van der Waals surface area contributed by atoms with Gasteiger partial charge in [-0.15, -0.1) is 0 Å². The number of ether oxygens (including phenoxy) is 1. The average molecular weight is 451 g/mol. The van der Waals surface area contributed by atoms with Crippen LogP contribution >= 0.6 is 0 Å². The van der Waals surface area contributed by atoms with Gasteiger partial charge in [0, 0.05) is 0 Å². The van der Waals surface area contributed by atoms with Crippen molar-refractivity contribution < 1.29 is 9.53 Å². The Kier molecular flexibility index (Phi) is 10.7. The van der Waals surface area contributed by atoms with E-state index < -0.39 is 0 Å². The zero-order valence-electron chi connectivity index (χ0n) is 22.1. The van der Waals surface area contributed by atoms with E-state index in [-0.39, 0.29) is 11.4 Å². The number of rotatable bonds is 12. The molecule has 0 bridgehead atoms. The molecule has 1 aromatic carbocycles. The highest BCUT2D eigenvalue weighted by Gasteiger charge is 2.32. The van der Waals surface area contributed by atoms with Gasteiger partial charge in [0.1, 0.15) is 0 Å². The normalized spacial score (nSPS) is 16.4. The van der Waals surface area contributed by atoms with E-state index in [0.29, 0.717) is 12.2 Å². The average Bonchev–Trinajstić information content (AvgIpc) is 2.79. The first-order valence-electron chi connectivity index (χ1n) is 13.1. The van der Waals surface area contributed by atoms with Crippen molar-refractivity contribution in [3.63, 3.8) is 0 Å². The van der Waals surface area contributed by atoms with E-state index in [1.54, 1.807) is 0 Å². The lowest BCUT2D eigenvalue weighted by Gasteiger charge is -2.37. The van der Waals surface area contributed by atoms with Crippen molar-refractivity contribution >= 4 is 11.5 Å². The number of hydrogen-bond acceptors (Lipinski definition) is 2. The molecule has 0 aliphatic heterocycles. The van der Waals surface area contributed by atoms with Crippen molar-refractivity contribution in [1.82, 2.24) is 0 Å². The first kappa shape index (κ1) is 27.2. The van der Waals surface area contributed by atoms with Crippen LogP contribution in [0.25, 0.3) is 5.57 Å². The molecule has 0 radical (unpaired) electrons. The topological polar surface area (TPSA) is 26.3 Å². The van der Waals surface area contributed by atoms with Crippen molar-refractivity contribution in [3.05, 3.63) is 64.3 Å². The molecule has 0 aromatic heterocycles. The van der Waals surface area contributed by atoms with Gasteiger partial charge in [-0.3, -0.25) is 0 Å². The molecule has 0 heterocycles. The third-order valence-corrected chi connectivity index (χ3v) is 7.13. The van der Waals surface area contributed by atoms with Crippen LogP contribution in [-0.4, -0.2) is 12.6 Å². The Balaban J connectivity index is 2.27. The molecule has 0 N–H and O–H groups in total. The molecule has 0 saturated heterocycles. The first-order chi connectivity index (χ1) is 15.8. The molecule has 2 heteroatoms. The molecule has 2 nitrogen and oxygen atoms in total. The van der Waals surface area contributed by atoms with E-state index >= 15 is 0 Å². The summed E-state index contributed by atoms with van der Waals surface area (Å²) >= 11 is 0. The summed E-state index contributed by atoms with van der Waals surface area (Å²) in [5.41, 5.74) is 8.65. The Hall–Kier alpha value is -2.09. The molecule has 2 rings (SSSR count). The van der Waals surface area contributed by atoms with Gasteiger partial charge in [0.05, 0.1) is 12.2 Å².